The van der Waals surface area contributed by atoms with Gasteiger partial charge in [-0.05, 0) is 50.6 Å². The number of benzene rings is 2. The van der Waals surface area contributed by atoms with E-state index in [4.69, 9.17) is 0 Å². The zero-order chi connectivity index (χ0) is 19.6. The van der Waals surface area contributed by atoms with Gasteiger partial charge in [-0.2, -0.15) is 5.10 Å². The fourth-order valence-electron chi connectivity index (χ4n) is 2.82. The minimum atomic E-state index is -3.89. The Bertz CT molecular complexity index is 1080. The van der Waals surface area contributed by atoms with E-state index in [1.165, 1.54) is 0 Å². The van der Waals surface area contributed by atoms with Gasteiger partial charge in [-0.1, -0.05) is 24.3 Å². The van der Waals surface area contributed by atoms with Crippen LogP contribution in [0.15, 0.2) is 53.4 Å². The Morgan fingerprint density at radius 2 is 1.78 bits per heavy atom. The van der Waals surface area contributed by atoms with Crippen LogP contribution in [0.25, 0.3) is 0 Å². The normalized spacial score (nSPS) is 11.2. The molecule has 3 aromatic rings. The van der Waals surface area contributed by atoms with Crippen LogP contribution in [-0.4, -0.2) is 24.5 Å². The number of aromatic amines is 1. The van der Waals surface area contributed by atoms with Gasteiger partial charge in [-0.15, -0.1) is 0 Å². The van der Waals surface area contributed by atoms with Crippen LogP contribution in [0.3, 0.4) is 0 Å². The summed E-state index contributed by atoms with van der Waals surface area (Å²) < 4.78 is 28.1. The van der Waals surface area contributed by atoms with Crippen LogP contribution in [-0.2, 0) is 10.0 Å². The van der Waals surface area contributed by atoms with E-state index in [1.807, 2.05) is 25.1 Å². The lowest BCUT2D eigenvalue weighted by Gasteiger charge is -2.13. The van der Waals surface area contributed by atoms with Gasteiger partial charge in [0.15, 0.2) is 0 Å². The molecule has 0 spiro atoms. The van der Waals surface area contributed by atoms with E-state index >= 15 is 0 Å². The lowest BCUT2D eigenvalue weighted by atomic mass is 10.1. The summed E-state index contributed by atoms with van der Waals surface area (Å²) in [5.41, 5.74) is 2.86. The highest BCUT2D eigenvalue weighted by molar-refractivity contribution is 7.92. The lowest BCUT2D eigenvalue weighted by molar-refractivity contribution is 0.102. The molecule has 1 aromatic heterocycles. The predicted molar refractivity (Wildman–Crippen MR) is 104 cm³/mol. The minimum absolute atomic E-state index is 0.0800. The molecule has 1 amide bonds. The molecule has 0 radical (unpaired) electrons. The topological polar surface area (TPSA) is 104 Å². The molecule has 27 heavy (non-hydrogen) atoms. The highest BCUT2D eigenvalue weighted by Crippen LogP contribution is 2.24. The molecule has 8 heteroatoms. The first-order chi connectivity index (χ1) is 12.8. The molecule has 2 aromatic carbocycles. The van der Waals surface area contributed by atoms with Crippen molar-refractivity contribution in [3.8, 4) is 0 Å². The van der Waals surface area contributed by atoms with Crippen molar-refractivity contribution in [1.82, 2.24) is 10.2 Å². The smallest absolute Gasteiger partial charge is 0.265 e. The SMILES string of the molecule is Cc1cccc(NC(=O)c2ccccc2NS(=O)(=O)c2c(C)n[nH]c2C)c1. The average Bonchev–Trinajstić information content (AvgIpc) is 2.94. The number of rotatable bonds is 5. The number of anilines is 2. The van der Waals surface area contributed by atoms with Gasteiger partial charge >= 0.3 is 0 Å². The van der Waals surface area contributed by atoms with Crippen LogP contribution >= 0.6 is 0 Å². The number of para-hydroxylation sites is 1. The van der Waals surface area contributed by atoms with E-state index in [-0.39, 0.29) is 16.1 Å². The molecule has 0 aliphatic rings. The summed E-state index contributed by atoms with van der Waals surface area (Å²) in [5, 5.41) is 9.37. The quantitative estimate of drug-likeness (QED) is 0.627. The summed E-state index contributed by atoms with van der Waals surface area (Å²) in [6, 6.07) is 13.8. The Labute approximate surface area is 157 Å². The second-order valence-corrected chi connectivity index (χ2v) is 7.86. The maximum Gasteiger partial charge on any atom is 0.265 e. The molecule has 0 fully saturated rings. The number of aromatic nitrogens is 2. The van der Waals surface area contributed by atoms with Crippen molar-refractivity contribution in [2.75, 3.05) is 10.0 Å². The van der Waals surface area contributed by atoms with Gasteiger partial charge in [0.05, 0.1) is 22.6 Å². The number of sulfonamides is 1. The highest BCUT2D eigenvalue weighted by atomic mass is 32.2. The largest absolute Gasteiger partial charge is 0.322 e. The van der Waals surface area contributed by atoms with Crippen LogP contribution in [0, 0.1) is 20.8 Å². The second kappa shape index (κ2) is 7.24. The Morgan fingerprint density at radius 3 is 2.44 bits per heavy atom. The van der Waals surface area contributed by atoms with Gasteiger partial charge in [-0.3, -0.25) is 14.6 Å². The summed E-state index contributed by atoms with van der Waals surface area (Å²) in [6.07, 6.45) is 0. The molecule has 0 saturated carbocycles. The van der Waals surface area contributed by atoms with Crippen LogP contribution in [0.4, 0.5) is 11.4 Å². The molecular formula is C19H20N4O3S. The van der Waals surface area contributed by atoms with Gasteiger partial charge in [0, 0.05) is 5.69 Å². The molecule has 140 valence electrons. The maximum absolute atomic E-state index is 12.8. The standard InChI is InChI=1S/C19H20N4O3S/c1-12-7-6-8-15(11-12)20-19(24)16-9-4-5-10-17(16)23-27(25,26)18-13(2)21-22-14(18)3/h4-11,23H,1-3H3,(H,20,24)(H,21,22). The predicted octanol–water partition coefficient (Wildman–Crippen LogP) is 3.39. The summed E-state index contributed by atoms with van der Waals surface area (Å²) in [5.74, 6) is -0.403. The van der Waals surface area contributed by atoms with E-state index in [0.717, 1.165) is 5.56 Å². The van der Waals surface area contributed by atoms with E-state index in [0.29, 0.717) is 17.1 Å². The molecule has 0 atom stereocenters. The van der Waals surface area contributed by atoms with Crippen LogP contribution in [0.5, 0.6) is 0 Å². The van der Waals surface area contributed by atoms with Crippen LogP contribution < -0.4 is 10.0 Å². The Kier molecular flexibility index (Phi) is 5.00. The van der Waals surface area contributed by atoms with E-state index in [2.05, 4.69) is 20.2 Å². The summed E-state index contributed by atoms with van der Waals surface area (Å²) in [4.78, 5) is 12.8. The van der Waals surface area contributed by atoms with Crippen molar-refractivity contribution < 1.29 is 13.2 Å². The Morgan fingerprint density at radius 1 is 1.04 bits per heavy atom. The third-order valence-corrected chi connectivity index (χ3v) is 5.65. The zero-order valence-electron chi connectivity index (χ0n) is 15.2. The van der Waals surface area contributed by atoms with Crippen molar-refractivity contribution >= 4 is 27.3 Å². The Hall–Kier alpha value is -3.13. The molecule has 0 aliphatic heterocycles. The van der Waals surface area contributed by atoms with Crippen LogP contribution in [0.1, 0.15) is 27.3 Å². The van der Waals surface area contributed by atoms with Crippen molar-refractivity contribution in [3.05, 3.63) is 71.0 Å². The van der Waals surface area contributed by atoms with Crippen LogP contribution in [0.2, 0.25) is 0 Å². The summed E-state index contributed by atoms with van der Waals surface area (Å²) in [6.45, 7) is 5.16. The molecule has 3 rings (SSSR count). The number of hydrogen-bond donors (Lipinski definition) is 3. The van der Waals surface area contributed by atoms with Gasteiger partial charge in [0.2, 0.25) is 0 Å². The number of hydrogen-bond acceptors (Lipinski definition) is 4. The number of nitrogens with one attached hydrogen (secondary N) is 3. The summed E-state index contributed by atoms with van der Waals surface area (Å²) in [7, 11) is -3.89. The number of carbonyl (C=O) groups excluding carboxylic acids is 1. The van der Waals surface area contributed by atoms with Crippen molar-refractivity contribution in [2.24, 2.45) is 0 Å². The molecule has 0 saturated heterocycles. The molecular weight excluding hydrogens is 364 g/mol. The van der Waals surface area contributed by atoms with Crippen molar-refractivity contribution in [2.45, 2.75) is 25.7 Å². The fourth-order valence-corrected chi connectivity index (χ4v) is 4.28. The number of nitrogens with zero attached hydrogens (tertiary/aromatic N) is 1. The summed E-state index contributed by atoms with van der Waals surface area (Å²) >= 11 is 0. The number of aryl methyl sites for hydroxylation is 3. The first kappa shape index (κ1) is 18.7. The fraction of sp³-hybridized carbons (Fsp3) is 0.158. The first-order valence-corrected chi connectivity index (χ1v) is 9.77. The number of amides is 1. The minimum Gasteiger partial charge on any atom is -0.322 e. The number of carbonyl (C=O) groups is 1. The van der Waals surface area contributed by atoms with Gasteiger partial charge in [0.25, 0.3) is 15.9 Å². The highest BCUT2D eigenvalue weighted by Gasteiger charge is 2.24. The molecule has 0 aliphatic carbocycles. The van der Waals surface area contributed by atoms with Gasteiger partial charge in [-0.25, -0.2) is 8.42 Å². The van der Waals surface area contributed by atoms with E-state index in [1.54, 1.807) is 44.2 Å². The van der Waals surface area contributed by atoms with E-state index < -0.39 is 15.9 Å². The third kappa shape index (κ3) is 4.01. The van der Waals surface area contributed by atoms with Crippen molar-refractivity contribution in [1.29, 1.82) is 0 Å². The second-order valence-electron chi connectivity index (χ2n) is 6.24. The Balaban J connectivity index is 1.91. The maximum atomic E-state index is 12.8. The van der Waals surface area contributed by atoms with Gasteiger partial charge < -0.3 is 5.32 Å². The monoisotopic (exact) mass is 384 g/mol. The molecule has 7 nitrogen and oxygen atoms in total. The molecule has 0 bridgehead atoms. The third-order valence-electron chi connectivity index (χ3n) is 4.02. The molecule has 0 unspecified atom stereocenters. The average molecular weight is 384 g/mol. The first-order valence-electron chi connectivity index (χ1n) is 8.29. The van der Waals surface area contributed by atoms with Gasteiger partial charge in [0.1, 0.15) is 4.90 Å². The number of H-pyrrole nitrogens is 1. The zero-order valence-corrected chi connectivity index (χ0v) is 16.0. The lowest BCUT2D eigenvalue weighted by Crippen LogP contribution is -2.19. The van der Waals surface area contributed by atoms with E-state index in [9.17, 15) is 13.2 Å². The van der Waals surface area contributed by atoms with Crippen molar-refractivity contribution in [3.63, 3.8) is 0 Å². The molecule has 3 N–H and O–H groups in total. The molecule has 1 heterocycles.